The molecular weight excluding hydrogens is 310 g/mol. The number of rotatable bonds is 6. The molecule has 126 valence electrons. The van der Waals surface area contributed by atoms with Crippen LogP contribution in [-0.2, 0) is 4.79 Å². The first-order valence-corrected chi connectivity index (χ1v) is 7.53. The Bertz CT molecular complexity index is 725. The highest BCUT2D eigenvalue weighted by atomic mass is 16.2. The normalized spacial score (nSPS) is 13.0. The molecule has 7 nitrogen and oxygen atoms in total. The van der Waals surface area contributed by atoms with Gasteiger partial charge in [-0.05, 0) is 32.0 Å². The van der Waals surface area contributed by atoms with Crippen molar-refractivity contribution in [3.63, 3.8) is 0 Å². The van der Waals surface area contributed by atoms with E-state index in [1.165, 1.54) is 24.3 Å². The molecule has 0 aromatic heterocycles. The van der Waals surface area contributed by atoms with Gasteiger partial charge in [-0.2, -0.15) is 0 Å². The zero-order chi connectivity index (χ0) is 17.9. The fraction of sp³-hybridized carbons (Fsp3) is 0.294. The van der Waals surface area contributed by atoms with Crippen LogP contribution in [0.4, 0.5) is 0 Å². The molecule has 2 N–H and O–H groups in total. The van der Waals surface area contributed by atoms with Gasteiger partial charge in [0.25, 0.3) is 17.7 Å². The number of nitrogens with zero attached hydrogens (tertiary/aromatic N) is 1. The van der Waals surface area contributed by atoms with Gasteiger partial charge in [-0.1, -0.05) is 6.08 Å². The number of hydrogen-bond acceptors (Lipinski definition) is 4. The molecule has 1 aliphatic rings. The van der Waals surface area contributed by atoms with E-state index in [2.05, 4.69) is 17.2 Å². The highest BCUT2D eigenvalue weighted by molar-refractivity contribution is 6.22. The summed E-state index contributed by atoms with van der Waals surface area (Å²) in [6, 6.07) is 4.25. The Morgan fingerprint density at radius 2 is 1.88 bits per heavy atom. The summed E-state index contributed by atoms with van der Waals surface area (Å²) in [5, 5.41) is 5.14. The molecule has 0 saturated heterocycles. The second kappa shape index (κ2) is 7.08. The van der Waals surface area contributed by atoms with Gasteiger partial charge in [0, 0.05) is 18.2 Å². The molecule has 0 spiro atoms. The van der Waals surface area contributed by atoms with Crippen molar-refractivity contribution < 1.29 is 19.2 Å². The number of fused-ring (bicyclic) bond motifs is 1. The maximum atomic E-state index is 12.2. The van der Waals surface area contributed by atoms with Crippen LogP contribution in [0, 0.1) is 0 Å². The Balaban J connectivity index is 2.11. The number of amides is 4. The van der Waals surface area contributed by atoms with E-state index in [1.807, 2.05) is 13.8 Å². The van der Waals surface area contributed by atoms with Gasteiger partial charge >= 0.3 is 0 Å². The van der Waals surface area contributed by atoms with E-state index in [0.29, 0.717) is 0 Å². The maximum Gasteiger partial charge on any atom is 0.261 e. The van der Waals surface area contributed by atoms with E-state index in [9.17, 15) is 19.2 Å². The second-order valence-corrected chi connectivity index (χ2v) is 5.67. The predicted molar refractivity (Wildman–Crippen MR) is 87.6 cm³/mol. The van der Waals surface area contributed by atoms with Gasteiger partial charge in [-0.25, -0.2) is 0 Å². The molecule has 0 radical (unpaired) electrons. The summed E-state index contributed by atoms with van der Waals surface area (Å²) < 4.78 is 0. The molecule has 0 fully saturated rings. The van der Waals surface area contributed by atoms with Gasteiger partial charge in [0.05, 0.1) is 17.7 Å². The SMILES string of the molecule is C=CCN1C(=O)c2ccc(C(=O)NCC(=O)NC(C)C)cc2C1=O. The predicted octanol–water partition coefficient (Wildman–Crippen LogP) is 0.723. The standard InChI is InChI=1S/C17H19N3O4/c1-4-7-20-16(23)12-6-5-11(8-13(12)17(20)24)15(22)18-9-14(21)19-10(2)3/h4-6,8,10H,1,7,9H2,2-3H3,(H,18,22)(H,19,21). The molecule has 7 heteroatoms. The number of benzene rings is 1. The van der Waals surface area contributed by atoms with Crippen molar-refractivity contribution in [2.75, 3.05) is 13.1 Å². The van der Waals surface area contributed by atoms with Crippen LogP contribution in [-0.4, -0.2) is 47.7 Å². The Kier molecular flexibility index (Phi) is 5.13. The minimum absolute atomic E-state index is 0.0196. The number of imide groups is 1. The molecule has 1 heterocycles. The maximum absolute atomic E-state index is 12.2. The Morgan fingerprint density at radius 1 is 1.21 bits per heavy atom. The van der Waals surface area contributed by atoms with Crippen molar-refractivity contribution in [3.05, 3.63) is 47.5 Å². The van der Waals surface area contributed by atoms with E-state index in [-0.39, 0.29) is 41.7 Å². The van der Waals surface area contributed by atoms with Crippen LogP contribution in [0.2, 0.25) is 0 Å². The number of carbonyl (C=O) groups excluding carboxylic acids is 4. The number of carbonyl (C=O) groups is 4. The lowest BCUT2D eigenvalue weighted by atomic mass is 10.1. The van der Waals surface area contributed by atoms with Crippen molar-refractivity contribution >= 4 is 23.6 Å². The third kappa shape index (κ3) is 3.51. The first-order chi connectivity index (χ1) is 11.3. The molecule has 1 aromatic carbocycles. The van der Waals surface area contributed by atoms with E-state index in [4.69, 9.17) is 0 Å². The highest BCUT2D eigenvalue weighted by Crippen LogP contribution is 2.23. The first-order valence-electron chi connectivity index (χ1n) is 7.53. The van der Waals surface area contributed by atoms with Gasteiger partial charge in [0.2, 0.25) is 5.91 Å². The number of nitrogens with one attached hydrogen (secondary N) is 2. The van der Waals surface area contributed by atoms with E-state index in [0.717, 1.165) is 4.90 Å². The lowest BCUT2D eigenvalue weighted by Crippen LogP contribution is -2.39. The molecule has 0 saturated carbocycles. The van der Waals surface area contributed by atoms with Gasteiger partial charge < -0.3 is 10.6 Å². The van der Waals surface area contributed by atoms with Gasteiger partial charge in [-0.15, -0.1) is 6.58 Å². The minimum atomic E-state index is -0.487. The average molecular weight is 329 g/mol. The van der Waals surface area contributed by atoms with Crippen molar-refractivity contribution in [1.29, 1.82) is 0 Å². The third-order valence-electron chi connectivity index (χ3n) is 3.40. The Hall–Kier alpha value is -2.96. The van der Waals surface area contributed by atoms with Gasteiger partial charge in [0.15, 0.2) is 0 Å². The smallest absolute Gasteiger partial charge is 0.261 e. The summed E-state index contributed by atoms with van der Waals surface area (Å²) in [6.07, 6.45) is 1.46. The molecule has 4 amide bonds. The van der Waals surface area contributed by atoms with Crippen LogP contribution >= 0.6 is 0 Å². The van der Waals surface area contributed by atoms with Crippen LogP contribution in [0.1, 0.15) is 44.9 Å². The quantitative estimate of drug-likeness (QED) is 0.594. The second-order valence-electron chi connectivity index (χ2n) is 5.67. The zero-order valence-corrected chi connectivity index (χ0v) is 13.6. The summed E-state index contributed by atoms with van der Waals surface area (Å²) >= 11 is 0. The molecule has 1 aliphatic heterocycles. The van der Waals surface area contributed by atoms with E-state index >= 15 is 0 Å². The lowest BCUT2D eigenvalue weighted by molar-refractivity contribution is -0.120. The molecular formula is C17H19N3O4. The summed E-state index contributed by atoms with van der Waals surface area (Å²) in [5.74, 6) is -1.65. The van der Waals surface area contributed by atoms with Gasteiger partial charge in [0.1, 0.15) is 0 Å². The fourth-order valence-corrected chi connectivity index (χ4v) is 2.36. The molecule has 0 bridgehead atoms. The molecule has 0 aliphatic carbocycles. The van der Waals surface area contributed by atoms with Crippen LogP contribution in [0.5, 0.6) is 0 Å². The summed E-state index contributed by atoms with van der Waals surface area (Å²) in [7, 11) is 0. The number of hydrogen-bond donors (Lipinski definition) is 2. The minimum Gasteiger partial charge on any atom is -0.352 e. The van der Waals surface area contributed by atoms with E-state index < -0.39 is 17.7 Å². The molecule has 24 heavy (non-hydrogen) atoms. The topological polar surface area (TPSA) is 95.6 Å². The van der Waals surface area contributed by atoms with Crippen LogP contribution in [0.25, 0.3) is 0 Å². The molecule has 0 atom stereocenters. The average Bonchev–Trinajstić information content (AvgIpc) is 2.77. The lowest BCUT2D eigenvalue weighted by Gasteiger charge is -2.09. The molecule has 0 unspecified atom stereocenters. The van der Waals surface area contributed by atoms with Crippen LogP contribution < -0.4 is 10.6 Å². The Labute approximate surface area is 139 Å². The first kappa shape index (κ1) is 17.4. The van der Waals surface area contributed by atoms with E-state index in [1.54, 1.807) is 0 Å². The summed E-state index contributed by atoms with van der Waals surface area (Å²) in [4.78, 5) is 49.0. The molecule has 1 aromatic rings. The Morgan fingerprint density at radius 3 is 2.50 bits per heavy atom. The van der Waals surface area contributed by atoms with Crippen molar-refractivity contribution in [2.24, 2.45) is 0 Å². The third-order valence-corrected chi connectivity index (χ3v) is 3.40. The van der Waals surface area contributed by atoms with Crippen molar-refractivity contribution in [3.8, 4) is 0 Å². The highest BCUT2D eigenvalue weighted by Gasteiger charge is 2.35. The van der Waals surface area contributed by atoms with Crippen LogP contribution in [0.3, 0.4) is 0 Å². The fourth-order valence-electron chi connectivity index (χ4n) is 2.36. The summed E-state index contributed by atoms with van der Waals surface area (Å²) in [6.45, 7) is 7.10. The van der Waals surface area contributed by atoms with Crippen LogP contribution in [0.15, 0.2) is 30.9 Å². The van der Waals surface area contributed by atoms with Crippen molar-refractivity contribution in [2.45, 2.75) is 19.9 Å². The van der Waals surface area contributed by atoms with Crippen molar-refractivity contribution in [1.82, 2.24) is 15.5 Å². The zero-order valence-electron chi connectivity index (χ0n) is 13.6. The largest absolute Gasteiger partial charge is 0.352 e. The van der Waals surface area contributed by atoms with Gasteiger partial charge in [-0.3, -0.25) is 24.1 Å². The molecule has 2 rings (SSSR count). The summed E-state index contributed by atoms with van der Waals surface area (Å²) in [5.41, 5.74) is 0.657. The monoisotopic (exact) mass is 329 g/mol.